The van der Waals surface area contributed by atoms with Gasteiger partial charge in [0.05, 0.1) is 0 Å². The first-order valence-electron chi connectivity index (χ1n) is 4.47. The summed E-state index contributed by atoms with van der Waals surface area (Å²) in [6.07, 6.45) is 2.50. The molecule has 0 bridgehead atoms. The number of rotatable bonds is 4. The number of halogens is 1. The Kier molecular flexibility index (Phi) is 4.98. The van der Waals surface area contributed by atoms with E-state index in [1.807, 2.05) is 18.4 Å². The number of hydrogen-bond acceptors (Lipinski definition) is 3. The first-order valence-corrected chi connectivity index (χ1v) is 6.66. The van der Waals surface area contributed by atoms with Crippen LogP contribution in [0.5, 0.6) is 0 Å². The van der Waals surface area contributed by atoms with Crippen molar-refractivity contribution in [2.45, 2.75) is 6.42 Å². The number of anilines is 2. The third kappa shape index (κ3) is 4.13. The van der Waals surface area contributed by atoms with Crippen LogP contribution in [0.4, 0.5) is 11.4 Å². The zero-order valence-electron chi connectivity index (χ0n) is 8.42. The fourth-order valence-electron chi connectivity index (χ4n) is 1.04. The van der Waals surface area contributed by atoms with Crippen molar-refractivity contribution in [3.05, 3.63) is 22.7 Å². The van der Waals surface area contributed by atoms with E-state index in [-0.39, 0.29) is 5.91 Å². The molecule has 0 radical (unpaired) electrons. The maximum absolute atomic E-state index is 11.4. The number of hydrogen-bond donors (Lipinski definition) is 2. The molecule has 1 rings (SSSR count). The molecule has 0 spiro atoms. The lowest BCUT2D eigenvalue weighted by Gasteiger charge is -2.06. The lowest BCUT2D eigenvalue weighted by molar-refractivity contribution is -0.115. The predicted molar refractivity (Wildman–Crippen MR) is 70.2 cm³/mol. The number of thioether (sulfide) groups is 1. The summed E-state index contributed by atoms with van der Waals surface area (Å²) in [6.45, 7) is 0. The molecular weight excluding hydrogens is 276 g/mol. The highest BCUT2D eigenvalue weighted by Crippen LogP contribution is 2.22. The molecule has 82 valence electrons. The van der Waals surface area contributed by atoms with Gasteiger partial charge in [0.15, 0.2) is 0 Å². The van der Waals surface area contributed by atoms with E-state index in [1.165, 1.54) is 0 Å². The van der Waals surface area contributed by atoms with Gasteiger partial charge >= 0.3 is 0 Å². The van der Waals surface area contributed by atoms with Gasteiger partial charge in [0, 0.05) is 28.0 Å². The molecule has 15 heavy (non-hydrogen) atoms. The molecule has 5 heteroatoms. The SMILES string of the molecule is CSCCC(=O)Nc1ccc(Br)c(N)c1. The maximum Gasteiger partial charge on any atom is 0.225 e. The lowest BCUT2D eigenvalue weighted by Crippen LogP contribution is -2.12. The molecule has 3 N–H and O–H groups in total. The average molecular weight is 289 g/mol. The van der Waals surface area contributed by atoms with Crippen LogP contribution >= 0.6 is 27.7 Å². The van der Waals surface area contributed by atoms with E-state index in [1.54, 1.807) is 17.8 Å². The summed E-state index contributed by atoms with van der Waals surface area (Å²) in [4.78, 5) is 11.4. The van der Waals surface area contributed by atoms with Gasteiger partial charge in [-0.25, -0.2) is 0 Å². The van der Waals surface area contributed by atoms with E-state index in [9.17, 15) is 4.79 Å². The van der Waals surface area contributed by atoms with Crippen molar-refractivity contribution < 1.29 is 4.79 Å². The van der Waals surface area contributed by atoms with Crippen molar-refractivity contribution in [3.8, 4) is 0 Å². The van der Waals surface area contributed by atoms with E-state index in [4.69, 9.17) is 5.73 Å². The Morgan fingerprint density at radius 2 is 2.33 bits per heavy atom. The van der Waals surface area contributed by atoms with Gasteiger partial charge in [-0.1, -0.05) is 0 Å². The average Bonchev–Trinajstić information content (AvgIpc) is 2.20. The van der Waals surface area contributed by atoms with Crippen molar-refractivity contribution in [1.82, 2.24) is 0 Å². The molecule has 0 aliphatic rings. The number of nitrogens with one attached hydrogen (secondary N) is 1. The van der Waals surface area contributed by atoms with Gasteiger partial charge in [-0.05, 0) is 40.4 Å². The maximum atomic E-state index is 11.4. The second kappa shape index (κ2) is 6.02. The Balaban J connectivity index is 2.57. The van der Waals surface area contributed by atoms with Crippen LogP contribution in [-0.4, -0.2) is 17.9 Å². The Morgan fingerprint density at radius 1 is 1.60 bits per heavy atom. The van der Waals surface area contributed by atoms with Crippen LogP contribution < -0.4 is 11.1 Å². The fourth-order valence-corrected chi connectivity index (χ4v) is 1.68. The first-order chi connectivity index (χ1) is 7.13. The largest absolute Gasteiger partial charge is 0.398 e. The lowest BCUT2D eigenvalue weighted by atomic mass is 10.3. The molecule has 0 heterocycles. The highest BCUT2D eigenvalue weighted by Gasteiger charge is 2.03. The Labute approximate surface area is 102 Å². The van der Waals surface area contributed by atoms with Gasteiger partial charge in [-0.3, -0.25) is 4.79 Å². The molecule has 1 aromatic rings. The van der Waals surface area contributed by atoms with E-state index >= 15 is 0 Å². The molecule has 0 fully saturated rings. The van der Waals surface area contributed by atoms with Gasteiger partial charge in [-0.2, -0.15) is 11.8 Å². The Morgan fingerprint density at radius 3 is 2.93 bits per heavy atom. The number of nitrogens with two attached hydrogens (primary N) is 1. The summed E-state index contributed by atoms with van der Waals surface area (Å²) in [5, 5.41) is 2.79. The minimum Gasteiger partial charge on any atom is -0.398 e. The number of amides is 1. The monoisotopic (exact) mass is 288 g/mol. The second-order valence-electron chi connectivity index (χ2n) is 3.03. The minimum absolute atomic E-state index is 0.0195. The smallest absolute Gasteiger partial charge is 0.225 e. The summed E-state index contributed by atoms with van der Waals surface area (Å²) in [5.41, 5.74) is 7.05. The molecule has 0 saturated carbocycles. The molecule has 3 nitrogen and oxygen atoms in total. The summed E-state index contributed by atoms with van der Waals surface area (Å²) in [6, 6.07) is 5.37. The zero-order valence-corrected chi connectivity index (χ0v) is 10.8. The first kappa shape index (κ1) is 12.4. The van der Waals surface area contributed by atoms with Crippen molar-refractivity contribution in [3.63, 3.8) is 0 Å². The molecule has 1 amide bonds. The third-order valence-corrected chi connectivity index (χ3v) is 3.15. The fraction of sp³-hybridized carbons (Fsp3) is 0.300. The number of nitrogen functional groups attached to an aromatic ring is 1. The minimum atomic E-state index is 0.0195. The molecule has 0 unspecified atom stereocenters. The molecule has 0 atom stereocenters. The van der Waals surface area contributed by atoms with E-state index in [0.29, 0.717) is 12.1 Å². The summed E-state index contributed by atoms with van der Waals surface area (Å²) >= 11 is 4.95. The normalized spacial score (nSPS) is 10.0. The highest BCUT2D eigenvalue weighted by molar-refractivity contribution is 9.10. The van der Waals surface area contributed by atoms with Crippen LogP contribution in [-0.2, 0) is 4.79 Å². The van der Waals surface area contributed by atoms with Crippen molar-refractivity contribution in [1.29, 1.82) is 0 Å². The Hall–Kier alpha value is -0.680. The standard InChI is InChI=1S/C10H13BrN2OS/c1-15-5-4-10(14)13-7-2-3-8(11)9(12)6-7/h2-3,6H,4-5,12H2,1H3,(H,13,14). The van der Waals surface area contributed by atoms with Crippen LogP contribution in [0.2, 0.25) is 0 Å². The van der Waals surface area contributed by atoms with Gasteiger partial charge in [-0.15, -0.1) is 0 Å². The quantitative estimate of drug-likeness (QED) is 0.838. The van der Waals surface area contributed by atoms with Crippen LogP contribution in [0.25, 0.3) is 0 Å². The van der Waals surface area contributed by atoms with Gasteiger partial charge in [0.25, 0.3) is 0 Å². The predicted octanol–water partition coefficient (Wildman–Crippen LogP) is 2.72. The van der Waals surface area contributed by atoms with E-state index < -0.39 is 0 Å². The van der Waals surface area contributed by atoms with E-state index in [0.717, 1.165) is 15.9 Å². The highest BCUT2D eigenvalue weighted by atomic mass is 79.9. The molecule has 0 aromatic heterocycles. The van der Waals surface area contributed by atoms with Crippen molar-refractivity contribution in [2.24, 2.45) is 0 Å². The molecule has 0 aliphatic heterocycles. The summed E-state index contributed by atoms with van der Waals surface area (Å²) in [5.74, 6) is 0.851. The third-order valence-electron chi connectivity index (χ3n) is 1.81. The molecule has 1 aromatic carbocycles. The summed E-state index contributed by atoms with van der Waals surface area (Å²) < 4.78 is 0.838. The van der Waals surface area contributed by atoms with Gasteiger partial charge in [0.2, 0.25) is 5.91 Å². The van der Waals surface area contributed by atoms with Crippen LogP contribution in [0.15, 0.2) is 22.7 Å². The second-order valence-corrected chi connectivity index (χ2v) is 4.87. The van der Waals surface area contributed by atoms with E-state index in [2.05, 4.69) is 21.2 Å². The van der Waals surface area contributed by atoms with Crippen molar-refractivity contribution in [2.75, 3.05) is 23.1 Å². The van der Waals surface area contributed by atoms with Gasteiger partial charge in [0.1, 0.15) is 0 Å². The molecular formula is C10H13BrN2OS. The topological polar surface area (TPSA) is 55.1 Å². The van der Waals surface area contributed by atoms with Crippen LogP contribution in [0, 0.1) is 0 Å². The van der Waals surface area contributed by atoms with Crippen LogP contribution in [0.1, 0.15) is 6.42 Å². The molecule has 0 aliphatic carbocycles. The van der Waals surface area contributed by atoms with Crippen LogP contribution in [0.3, 0.4) is 0 Å². The van der Waals surface area contributed by atoms with Crippen molar-refractivity contribution >= 4 is 45.0 Å². The van der Waals surface area contributed by atoms with Gasteiger partial charge < -0.3 is 11.1 Å². The molecule has 0 saturated heterocycles. The zero-order chi connectivity index (χ0) is 11.3. The Bertz CT molecular complexity index is 357. The number of benzene rings is 1. The number of carbonyl (C=O) groups is 1. The number of carbonyl (C=O) groups excluding carboxylic acids is 1. The summed E-state index contributed by atoms with van der Waals surface area (Å²) in [7, 11) is 0.